The summed E-state index contributed by atoms with van der Waals surface area (Å²) in [6.07, 6.45) is 1.05. The molecule has 1 fully saturated rings. The monoisotopic (exact) mass is 409 g/mol. The predicted molar refractivity (Wildman–Crippen MR) is 101 cm³/mol. The number of Topliss-reactive ketones (excluding diaryl/α,β-unsaturated/α-hetero) is 1. The van der Waals surface area contributed by atoms with Gasteiger partial charge in [0.05, 0.1) is 6.04 Å². The van der Waals surface area contributed by atoms with E-state index in [-0.39, 0.29) is 24.7 Å². The molecule has 1 aliphatic heterocycles. The number of ketones is 1. The average molecular weight is 411 g/mol. The normalized spacial score (nSPS) is 24.9. The first-order chi connectivity index (χ1) is 10.9. The fourth-order valence-corrected chi connectivity index (χ4v) is 3.08. The maximum atomic E-state index is 12.5. The minimum Gasteiger partial charge on any atom is -0.445 e. The highest BCUT2D eigenvalue weighted by atomic mass is 35.6. The van der Waals surface area contributed by atoms with E-state index in [2.05, 4.69) is 37.7 Å². The third-order valence-electron chi connectivity index (χ3n) is 3.50. The Bertz CT molecular complexity index is 572. The molecule has 0 aliphatic carbocycles. The number of nitrogens with zero attached hydrogens (tertiary/aromatic N) is 1. The summed E-state index contributed by atoms with van der Waals surface area (Å²) >= 11 is 16.9. The molecule has 1 rings (SSSR count). The van der Waals surface area contributed by atoms with Crippen molar-refractivity contribution in [3.8, 4) is 11.5 Å². The second-order valence-corrected chi connectivity index (χ2v) is 14.1. The molecule has 0 spiro atoms. The van der Waals surface area contributed by atoms with Gasteiger partial charge in [0.15, 0.2) is 0 Å². The molecule has 0 aromatic heterocycles. The molecule has 134 valence electrons. The van der Waals surface area contributed by atoms with E-state index in [9.17, 15) is 9.59 Å². The van der Waals surface area contributed by atoms with Gasteiger partial charge >= 0.3 is 6.09 Å². The number of ether oxygens (including phenoxy) is 1. The van der Waals surface area contributed by atoms with Gasteiger partial charge in [-0.2, -0.15) is 0 Å². The molecule has 0 unspecified atom stereocenters. The van der Waals surface area contributed by atoms with Crippen molar-refractivity contribution < 1.29 is 14.3 Å². The van der Waals surface area contributed by atoms with Crippen LogP contribution in [0.2, 0.25) is 19.6 Å². The fraction of sp³-hybridized carbons (Fsp3) is 0.625. The van der Waals surface area contributed by atoms with Crippen LogP contribution in [0, 0.1) is 17.4 Å². The highest BCUT2D eigenvalue weighted by Gasteiger charge is 2.42. The number of carbonyl (C=O) groups is 2. The van der Waals surface area contributed by atoms with Gasteiger partial charge in [0.25, 0.3) is 0 Å². The summed E-state index contributed by atoms with van der Waals surface area (Å²) in [5.41, 5.74) is 3.20. The third-order valence-corrected chi connectivity index (χ3v) is 4.72. The molecule has 0 aromatic carbocycles. The summed E-state index contributed by atoms with van der Waals surface area (Å²) in [4.78, 5) is 26.2. The molecule has 0 radical (unpaired) electrons. The number of piperidine rings is 1. The molecule has 24 heavy (non-hydrogen) atoms. The first kappa shape index (κ1) is 21.4. The Morgan fingerprint density at radius 2 is 2.04 bits per heavy atom. The van der Waals surface area contributed by atoms with E-state index >= 15 is 0 Å². The number of carbonyl (C=O) groups excluding carboxylic acids is 2. The smallest absolute Gasteiger partial charge is 0.411 e. The molecule has 0 saturated carbocycles. The van der Waals surface area contributed by atoms with Crippen LogP contribution in [0.1, 0.15) is 13.3 Å². The van der Waals surface area contributed by atoms with Crippen molar-refractivity contribution in [3.63, 3.8) is 0 Å². The number of alkyl halides is 3. The van der Waals surface area contributed by atoms with Gasteiger partial charge in [0, 0.05) is 12.3 Å². The van der Waals surface area contributed by atoms with Gasteiger partial charge in [-0.25, -0.2) is 4.79 Å². The first-order valence-corrected chi connectivity index (χ1v) is 12.2. The fourth-order valence-electron chi connectivity index (χ4n) is 2.32. The maximum absolute atomic E-state index is 12.5. The Labute approximate surface area is 159 Å². The number of hydrogen-bond acceptors (Lipinski definition) is 3. The van der Waals surface area contributed by atoms with Crippen molar-refractivity contribution in [2.75, 3.05) is 6.61 Å². The van der Waals surface area contributed by atoms with Gasteiger partial charge in [-0.05, 0) is 0 Å². The van der Waals surface area contributed by atoms with Crippen LogP contribution < -0.4 is 0 Å². The van der Waals surface area contributed by atoms with E-state index in [0.717, 1.165) is 0 Å². The molecular formula is C16H22Cl3NO3Si. The van der Waals surface area contributed by atoms with Crippen LogP contribution in [0.3, 0.4) is 0 Å². The van der Waals surface area contributed by atoms with Gasteiger partial charge < -0.3 is 4.74 Å². The standard InChI is InChI=1S/C16H22Cl3NO3Si/c1-6-13-11(2)14(21)9-12(7-8-24(3,4)5)20(13)15(22)23-10-16(17,18)19/h6,11-13H,1,9-10H2,2-5H3/t11-,12-,13+/m0/s1. The summed E-state index contributed by atoms with van der Waals surface area (Å²) in [5.74, 6) is 2.73. The van der Waals surface area contributed by atoms with Gasteiger partial charge in [-0.1, -0.05) is 73.4 Å². The minimum atomic E-state index is -1.70. The molecular weight excluding hydrogens is 389 g/mol. The van der Waals surface area contributed by atoms with E-state index in [0.29, 0.717) is 0 Å². The number of hydrogen-bond donors (Lipinski definition) is 0. The van der Waals surface area contributed by atoms with E-state index < -0.39 is 30.0 Å². The van der Waals surface area contributed by atoms with Crippen molar-refractivity contribution >= 4 is 54.8 Å². The molecule has 0 aromatic rings. The Morgan fingerprint density at radius 3 is 2.50 bits per heavy atom. The largest absolute Gasteiger partial charge is 0.445 e. The zero-order chi connectivity index (χ0) is 18.7. The van der Waals surface area contributed by atoms with Crippen molar-refractivity contribution in [1.82, 2.24) is 4.90 Å². The lowest BCUT2D eigenvalue weighted by molar-refractivity contribution is -0.127. The van der Waals surface area contributed by atoms with E-state index in [1.165, 1.54) is 4.90 Å². The highest BCUT2D eigenvalue weighted by Crippen LogP contribution is 2.29. The van der Waals surface area contributed by atoms with Crippen molar-refractivity contribution in [2.24, 2.45) is 5.92 Å². The van der Waals surface area contributed by atoms with Crippen LogP contribution in [0.5, 0.6) is 0 Å². The van der Waals surface area contributed by atoms with Gasteiger partial charge in [0.2, 0.25) is 3.79 Å². The van der Waals surface area contributed by atoms with Crippen LogP contribution in [-0.4, -0.2) is 47.3 Å². The molecule has 1 aliphatic rings. The summed E-state index contributed by atoms with van der Waals surface area (Å²) in [6, 6.07) is -1.07. The SMILES string of the molecule is C=C[C@@H]1[C@H](C)C(=O)C[C@H](C#C[Si](C)(C)C)N1C(=O)OCC(Cl)(Cl)Cl. The van der Waals surface area contributed by atoms with Crippen LogP contribution in [0.25, 0.3) is 0 Å². The molecule has 3 atom stereocenters. The molecule has 1 amide bonds. The molecule has 0 N–H and O–H groups in total. The maximum Gasteiger partial charge on any atom is 0.411 e. The number of likely N-dealkylation sites (tertiary alicyclic amines) is 1. The van der Waals surface area contributed by atoms with Crippen molar-refractivity contribution in [1.29, 1.82) is 0 Å². The van der Waals surface area contributed by atoms with Gasteiger partial charge in [0.1, 0.15) is 26.5 Å². The molecule has 0 bridgehead atoms. The van der Waals surface area contributed by atoms with E-state index in [1.54, 1.807) is 13.0 Å². The van der Waals surface area contributed by atoms with Gasteiger partial charge in [-0.3, -0.25) is 9.69 Å². The summed E-state index contributed by atoms with van der Waals surface area (Å²) in [7, 11) is -1.67. The minimum absolute atomic E-state index is 0.0419. The Kier molecular flexibility index (Phi) is 7.25. The predicted octanol–water partition coefficient (Wildman–Crippen LogP) is 4.21. The average Bonchev–Trinajstić information content (AvgIpc) is 2.43. The third kappa shape index (κ3) is 6.32. The van der Waals surface area contributed by atoms with Crippen LogP contribution >= 0.6 is 34.8 Å². The number of halogens is 3. The lowest BCUT2D eigenvalue weighted by Crippen LogP contribution is -2.55. The summed E-state index contributed by atoms with van der Waals surface area (Å²) < 4.78 is 3.40. The Balaban J connectivity index is 3.12. The quantitative estimate of drug-likeness (QED) is 0.296. The molecule has 1 heterocycles. The second kappa shape index (κ2) is 8.14. The summed E-state index contributed by atoms with van der Waals surface area (Å²) in [6.45, 7) is 11.4. The van der Waals surface area contributed by atoms with E-state index in [4.69, 9.17) is 39.5 Å². The van der Waals surface area contributed by atoms with Crippen LogP contribution in [0.4, 0.5) is 4.79 Å². The van der Waals surface area contributed by atoms with Crippen LogP contribution in [0.15, 0.2) is 12.7 Å². The topological polar surface area (TPSA) is 46.6 Å². The second-order valence-electron chi connectivity index (χ2n) is 6.80. The lowest BCUT2D eigenvalue weighted by Gasteiger charge is -2.40. The Hall–Kier alpha value is -0.673. The van der Waals surface area contributed by atoms with E-state index in [1.807, 2.05) is 0 Å². The number of rotatable bonds is 2. The van der Waals surface area contributed by atoms with Gasteiger partial charge in [-0.15, -0.1) is 12.1 Å². The zero-order valence-electron chi connectivity index (χ0n) is 14.2. The molecule has 4 nitrogen and oxygen atoms in total. The first-order valence-electron chi connectivity index (χ1n) is 7.55. The van der Waals surface area contributed by atoms with Crippen LogP contribution in [-0.2, 0) is 9.53 Å². The highest BCUT2D eigenvalue weighted by molar-refractivity contribution is 6.83. The lowest BCUT2D eigenvalue weighted by atomic mass is 9.86. The van der Waals surface area contributed by atoms with Crippen molar-refractivity contribution in [3.05, 3.63) is 12.7 Å². The zero-order valence-corrected chi connectivity index (χ0v) is 17.5. The summed E-state index contributed by atoms with van der Waals surface area (Å²) in [5, 5.41) is 0. The molecule has 8 heteroatoms. The number of amides is 1. The van der Waals surface area contributed by atoms with Crippen molar-refractivity contribution in [2.45, 2.75) is 48.9 Å². The Morgan fingerprint density at radius 1 is 1.46 bits per heavy atom. The molecule has 1 saturated heterocycles.